The minimum Gasteiger partial charge on any atom is -0.487 e. The summed E-state index contributed by atoms with van der Waals surface area (Å²) < 4.78 is 20.4. The van der Waals surface area contributed by atoms with Gasteiger partial charge in [-0.2, -0.15) is 0 Å². The van der Waals surface area contributed by atoms with Crippen molar-refractivity contribution in [2.45, 2.75) is 6.61 Å². The number of amidine groups is 1. The highest BCUT2D eigenvalue weighted by molar-refractivity contribution is 9.11. The van der Waals surface area contributed by atoms with Gasteiger partial charge in [0.25, 0.3) is 5.91 Å². The van der Waals surface area contributed by atoms with Gasteiger partial charge in [-0.1, -0.05) is 30.3 Å². The minimum atomic E-state index is -0.283. The van der Waals surface area contributed by atoms with E-state index >= 15 is 0 Å². The lowest BCUT2D eigenvalue weighted by Crippen LogP contribution is -2.19. The molecule has 1 amide bonds. The number of benzene rings is 3. The highest BCUT2D eigenvalue weighted by Gasteiger charge is 2.24. The Balaban J connectivity index is 1.50. The van der Waals surface area contributed by atoms with Crippen molar-refractivity contribution in [1.82, 2.24) is 5.32 Å². The van der Waals surface area contributed by atoms with E-state index in [0.717, 1.165) is 25.8 Å². The Hall–Kier alpha value is -2.42. The van der Waals surface area contributed by atoms with Gasteiger partial charge in [0.2, 0.25) is 0 Å². The van der Waals surface area contributed by atoms with Crippen LogP contribution >= 0.6 is 43.6 Å². The Labute approximate surface area is 199 Å². The molecule has 0 aliphatic carbocycles. The minimum absolute atomic E-state index is 0.191. The van der Waals surface area contributed by atoms with E-state index in [1.807, 2.05) is 42.5 Å². The van der Waals surface area contributed by atoms with Gasteiger partial charge < -0.3 is 10.1 Å². The number of para-hydroxylation sites is 1. The van der Waals surface area contributed by atoms with Gasteiger partial charge in [0.05, 0.1) is 19.5 Å². The van der Waals surface area contributed by atoms with Crippen molar-refractivity contribution in [2.75, 3.05) is 0 Å². The van der Waals surface area contributed by atoms with Gasteiger partial charge >= 0.3 is 0 Å². The Morgan fingerprint density at radius 2 is 1.71 bits per heavy atom. The normalized spacial score (nSPS) is 16.0. The summed E-state index contributed by atoms with van der Waals surface area (Å²) in [6.07, 6.45) is 1.80. The third-order valence-electron chi connectivity index (χ3n) is 4.25. The van der Waals surface area contributed by atoms with Crippen LogP contribution in [0.25, 0.3) is 6.08 Å². The van der Waals surface area contributed by atoms with Gasteiger partial charge in [-0.25, -0.2) is 9.38 Å². The van der Waals surface area contributed by atoms with Crippen LogP contribution in [-0.4, -0.2) is 11.1 Å². The summed E-state index contributed by atoms with van der Waals surface area (Å²) in [5.74, 6) is 0.152. The Bertz CT molecular complexity index is 1160. The second-order valence-electron chi connectivity index (χ2n) is 6.55. The molecule has 1 aliphatic rings. The van der Waals surface area contributed by atoms with Crippen molar-refractivity contribution in [1.29, 1.82) is 0 Å². The van der Waals surface area contributed by atoms with Crippen molar-refractivity contribution in [2.24, 2.45) is 4.99 Å². The first kappa shape index (κ1) is 21.8. The number of hydrogen-bond donors (Lipinski definition) is 1. The first-order chi connectivity index (χ1) is 15.0. The topological polar surface area (TPSA) is 50.7 Å². The fourth-order valence-corrected chi connectivity index (χ4v) is 5.08. The number of aliphatic imine (C=N–C) groups is 1. The zero-order valence-corrected chi connectivity index (χ0v) is 19.9. The predicted molar refractivity (Wildman–Crippen MR) is 130 cm³/mol. The fraction of sp³-hybridized carbons (Fsp3) is 0.0435. The van der Waals surface area contributed by atoms with E-state index in [1.165, 1.54) is 23.9 Å². The van der Waals surface area contributed by atoms with Crippen LogP contribution < -0.4 is 10.1 Å². The first-order valence-corrected chi connectivity index (χ1v) is 11.6. The number of hydrogen-bond acceptors (Lipinski definition) is 4. The number of carbonyl (C=O) groups is 1. The molecule has 156 valence electrons. The van der Waals surface area contributed by atoms with Crippen LogP contribution in [0, 0.1) is 5.82 Å². The van der Waals surface area contributed by atoms with Crippen molar-refractivity contribution >= 4 is 66.5 Å². The molecule has 8 heteroatoms. The van der Waals surface area contributed by atoms with E-state index in [9.17, 15) is 9.18 Å². The lowest BCUT2D eigenvalue weighted by molar-refractivity contribution is -0.115. The summed E-state index contributed by atoms with van der Waals surface area (Å²) in [6, 6.07) is 19.4. The molecule has 0 radical (unpaired) electrons. The van der Waals surface area contributed by atoms with Crippen molar-refractivity contribution in [3.05, 3.63) is 97.5 Å². The third kappa shape index (κ3) is 5.64. The van der Waals surface area contributed by atoms with E-state index in [4.69, 9.17) is 4.74 Å². The summed E-state index contributed by atoms with van der Waals surface area (Å²) in [5, 5.41) is 3.33. The number of halogens is 3. The molecule has 0 spiro atoms. The molecule has 0 bridgehead atoms. The van der Waals surface area contributed by atoms with Gasteiger partial charge in [0, 0.05) is 0 Å². The monoisotopic (exact) mass is 560 g/mol. The molecule has 1 heterocycles. The van der Waals surface area contributed by atoms with Gasteiger partial charge in [0.1, 0.15) is 18.2 Å². The van der Waals surface area contributed by atoms with Gasteiger partial charge in [-0.15, -0.1) is 0 Å². The zero-order valence-electron chi connectivity index (χ0n) is 15.9. The molecule has 0 atom stereocenters. The highest BCUT2D eigenvalue weighted by atomic mass is 79.9. The van der Waals surface area contributed by atoms with Crippen molar-refractivity contribution in [3.8, 4) is 5.75 Å². The second kappa shape index (κ2) is 9.80. The smallest absolute Gasteiger partial charge is 0.264 e. The summed E-state index contributed by atoms with van der Waals surface area (Å²) in [4.78, 5) is 17.3. The largest absolute Gasteiger partial charge is 0.487 e. The molecular weight excluding hydrogens is 547 g/mol. The zero-order chi connectivity index (χ0) is 21.8. The lowest BCUT2D eigenvalue weighted by atomic mass is 10.2. The molecule has 4 rings (SSSR count). The number of rotatable bonds is 5. The summed E-state index contributed by atoms with van der Waals surface area (Å²) in [6.45, 7) is 0.301. The molecule has 1 aliphatic heterocycles. The van der Waals surface area contributed by atoms with Gasteiger partial charge in [0.15, 0.2) is 5.17 Å². The van der Waals surface area contributed by atoms with E-state index in [-0.39, 0.29) is 11.7 Å². The van der Waals surface area contributed by atoms with E-state index in [0.29, 0.717) is 22.4 Å². The lowest BCUT2D eigenvalue weighted by Gasteiger charge is -2.11. The Morgan fingerprint density at radius 3 is 2.39 bits per heavy atom. The number of thioether (sulfide) groups is 1. The number of nitrogens with zero attached hydrogens (tertiary/aromatic N) is 1. The number of ether oxygens (including phenoxy) is 1. The molecule has 0 unspecified atom stereocenters. The van der Waals surface area contributed by atoms with E-state index in [1.54, 1.807) is 18.2 Å². The van der Waals surface area contributed by atoms with Gasteiger partial charge in [-0.3, -0.25) is 4.79 Å². The SMILES string of the molecule is O=C1NC(=Nc2ccccc2)S/C1=C\c1cc(Br)c(OCc2ccc(F)cc2)c(Br)c1. The maximum absolute atomic E-state index is 13.1. The third-order valence-corrected chi connectivity index (χ3v) is 6.34. The van der Waals surface area contributed by atoms with Crippen molar-refractivity contribution < 1.29 is 13.9 Å². The van der Waals surface area contributed by atoms with Gasteiger partial charge in [-0.05, 0) is 97.2 Å². The first-order valence-electron chi connectivity index (χ1n) is 9.19. The molecule has 1 saturated heterocycles. The molecule has 0 aromatic heterocycles. The van der Waals surface area contributed by atoms with E-state index < -0.39 is 0 Å². The van der Waals surface area contributed by atoms with Crippen LogP contribution in [0.5, 0.6) is 5.75 Å². The maximum atomic E-state index is 13.1. The average Bonchev–Trinajstić information content (AvgIpc) is 3.08. The summed E-state index contributed by atoms with van der Waals surface area (Å²) in [7, 11) is 0. The maximum Gasteiger partial charge on any atom is 0.264 e. The second-order valence-corrected chi connectivity index (χ2v) is 9.29. The molecule has 1 fully saturated rings. The number of amides is 1. The standard InChI is InChI=1S/C23H15Br2FN2O2S/c24-18-10-15(11-19(25)21(18)30-13-14-6-8-16(26)9-7-14)12-20-22(29)28-23(31-20)27-17-4-2-1-3-5-17/h1-12H,13H2,(H,27,28,29)/b20-12-. The van der Waals surface area contributed by atoms with Crippen molar-refractivity contribution in [3.63, 3.8) is 0 Å². The highest BCUT2D eigenvalue weighted by Crippen LogP contribution is 2.37. The molecular formula is C23H15Br2FN2O2S. The van der Waals surface area contributed by atoms with Crippen LogP contribution in [0.3, 0.4) is 0 Å². The van der Waals surface area contributed by atoms with Crippen LogP contribution in [-0.2, 0) is 11.4 Å². The fourth-order valence-electron chi connectivity index (χ4n) is 2.79. The Morgan fingerprint density at radius 1 is 1.03 bits per heavy atom. The molecule has 3 aromatic carbocycles. The van der Waals surface area contributed by atoms with Crippen LogP contribution in [0.15, 0.2) is 85.6 Å². The van der Waals surface area contributed by atoms with E-state index in [2.05, 4.69) is 42.2 Å². The quantitative estimate of drug-likeness (QED) is 0.348. The average molecular weight is 562 g/mol. The van der Waals surface area contributed by atoms with Crippen LogP contribution in [0.4, 0.5) is 10.1 Å². The molecule has 3 aromatic rings. The molecule has 0 saturated carbocycles. The molecule has 4 nitrogen and oxygen atoms in total. The molecule has 31 heavy (non-hydrogen) atoms. The number of carbonyl (C=O) groups excluding carboxylic acids is 1. The molecule has 1 N–H and O–H groups in total. The summed E-state index contributed by atoms with van der Waals surface area (Å²) >= 11 is 8.35. The van der Waals surface area contributed by atoms with Crippen LogP contribution in [0.2, 0.25) is 0 Å². The predicted octanol–water partition coefficient (Wildman–Crippen LogP) is 6.82. The van der Waals surface area contributed by atoms with Crippen LogP contribution in [0.1, 0.15) is 11.1 Å². The number of nitrogens with one attached hydrogen (secondary N) is 1. The summed E-state index contributed by atoms with van der Waals surface area (Å²) in [5.41, 5.74) is 2.46. The Kier molecular flexibility index (Phi) is 6.89.